The summed E-state index contributed by atoms with van der Waals surface area (Å²) < 4.78 is 33.0. The lowest BCUT2D eigenvalue weighted by molar-refractivity contribution is 0.305. The van der Waals surface area contributed by atoms with Crippen LogP contribution >= 0.6 is 0 Å². The maximum absolute atomic E-state index is 13.0. The Hall–Kier alpha value is -2.79. The molecule has 0 fully saturated rings. The van der Waals surface area contributed by atoms with Crippen LogP contribution in [0.15, 0.2) is 77.7 Å². The van der Waals surface area contributed by atoms with Gasteiger partial charge in [0.15, 0.2) is 0 Å². The second-order valence-corrected chi connectivity index (χ2v) is 9.15. The largest absolute Gasteiger partial charge is 0.357 e. The molecule has 0 saturated carbocycles. The summed E-state index contributed by atoms with van der Waals surface area (Å²) in [6.07, 6.45) is 0.969. The van der Waals surface area contributed by atoms with Gasteiger partial charge in [0.2, 0.25) is 0 Å². The Morgan fingerprint density at radius 3 is 1.82 bits per heavy atom. The standard InChI is InChI=1S/C23H23NO3S/c1-4-23(2,3)17-13-15-18(16-14-17)28(25,26)27-24-21-11-7-5-9-19(21)20-10-6-8-12-22(20)24/h5-16H,4H2,1-3H3. The Balaban J connectivity index is 1.78. The van der Waals surface area contributed by atoms with E-state index in [0.29, 0.717) is 0 Å². The van der Waals surface area contributed by atoms with Crippen LogP contribution in [0.25, 0.3) is 21.8 Å². The van der Waals surface area contributed by atoms with Gasteiger partial charge >= 0.3 is 10.1 Å². The van der Waals surface area contributed by atoms with Gasteiger partial charge in [0.05, 0.1) is 11.0 Å². The molecule has 28 heavy (non-hydrogen) atoms. The molecule has 1 aromatic heterocycles. The molecule has 0 N–H and O–H groups in total. The first kappa shape index (κ1) is 18.6. The van der Waals surface area contributed by atoms with E-state index in [-0.39, 0.29) is 10.3 Å². The van der Waals surface area contributed by atoms with E-state index in [1.54, 1.807) is 12.1 Å². The number of rotatable bonds is 5. The Kier molecular flexibility index (Phi) is 4.42. The average molecular weight is 394 g/mol. The van der Waals surface area contributed by atoms with Crippen LogP contribution in [-0.4, -0.2) is 13.1 Å². The van der Waals surface area contributed by atoms with Crippen LogP contribution in [0.3, 0.4) is 0 Å². The molecule has 4 aromatic rings. The molecule has 3 aromatic carbocycles. The monoisotopic (exact) mass is 393 g/mol. The lowest BCUT2D eigenvalue weighted by atomic mass is 9.82. The van der Waals surface area contributed by atoms with E-state index in [9.17, 15) is 8.42 Å². The summed E-state index contributed by atoms with van der Waals surface area (Å²) in [6, 6.07) is 22.2. The molecule has 0 aliphatic heterocycles. The fraction of sp³-hybridized carbons (Fsp3) is 0.217. The molecule has 144 valence electrons. The first-order valence-electron chi connectivity index (χ1n) is 9.37. The third kappa shape index (κ3) is 3.06. The summed E-state index contributed by atoms with van der Waals surface area (Å²) >= 11 is 0. The highest BCUT2D eigenvalue weighted by Gasteiger charge is 2.23. The van der Waals surface area contributed by atoms with Gasteiger partial charge in [-0.1, -0.05) is 69.3 Å². The van der Waals surface area contributed by atoms with Crippen LogP contribution < -0.4 is 4.28 Å². The SMILES string of the molecule is CCC(C)(C)c1ccc(S(=O)(=O)On2c3ccccc3c3ccccc32)cc1. The molecule has 5 heteroatoms. The number of para-hydroxylation sites is 2. The van der Waals surface area contributed by atoms with Gasteiger partial charge in [-0.05, 0) is 41.7 Å². The van der Waals surface area contributed by atoms with Crippen LogP contribution in [-0.2, 0) is 15.5 Å². The fourth-order valence-corrected chi connectivity index (χ4v) is 4.30. The van der Waals surface area contributed by atoms with Crippen molar-refractivity contribution in [3.8, 4) is 0 Å². The Morgan fingerprint density at radius 1 is 0.821 bits per heavy atom. The normalized spacial score (nSPS) is 12.5. The highest BCUT2D eigenvalue weighted by Crippen LogP contribution is 2.30. The molecule has 0 spiro atoms. The first-order valence-corrected chi connectivity index (χ1v) is 10.8. The fourth-order valence-electron chi connectivity index (χ4n) is 3.39. The smallest absolute Gasteiger partial charge is 0.283 e. The second kappa shape index (κ2) is 6.67. The molecule has 0 aliphatic rings. The lowest BCUT2D eigenvalue weighted by Crippen LogP contribution is -2.21. The number of hydrogen-bond acceptors (Lipinski definition) is 3. The minimum atomic E-state index is -3.97. The molecule has 0 radical (unpaired) electrons. The maximum Gasteiger partial charge on any atom is 0.357 e. The Morgan fingerprint density at radius 2 is 1.32 bits per heavy atom. The molecule has 0 bridgehead atoms. The Labute approximate surface area is 165 Å². The van der Waals surface area contributed by atoms with E-state index in [2.05, 4.69) is 20.8 Å². The minimum Gasteiger partial charge on any atom is -0.283 e. The van der Waals surface area contributed by atoms with E-state index in [4.69, 9.17) is 4.28 Å². The molecule has 0 amide bonds. The van der Waals surface area contributed by atoms with Crippen molar-refractivity contribution in [3.05, 3.63) is 78.4 Å². The van der Waals surface area contributed by atoms with Crippen LogP contribution in [0.4, 0.5) is 0 Å². The summed E-state index contributed by atoms with van der Waals surface area (Å²) in [4.78, 5) is 0.144. The quantitative estimate of drug-likeness (QED) is 0.462. The minimum absolute atomic E-state index is 0.00399. The molecular weight excluding hydrogens is 370 g/mol. The molecular formula is C23H23NO3S. The van der Waals surface area contributed by atoms with Crippen molar-refractivity contribution >= 4 is 31.9 Å². The van der Waals surface area contributed by atoms with Crippen LogP contribution in [0.5, 0.6) is 0 Å². The van der Waals surface area contributed by atoms with Gasteiger partial charge in [-0.2, -0.15) is 13.1 Å². The van der Waals surface area contributed by atoms with E-state index in [1.165, 1.54) is 4.73 Å². The van der Waals surface area contributed by atoms with Crippen molar-refractivity contribution in [2.24, 2.45) is 0 Å². The Bertz CT molecular complexity index is 1200. The summed E-state index contributed by atoms with van der Waals surface area (Å²) in [5.41, 5.74) is 2.54. The number of hydrogen-bond donors (Lipinski definition) is 0. The van der Waals surface area contributed by atoms with E-state index >= 15 is 0 Å². The van der Waals surface area contributed by atoms with Gasteiger partial charge < -0.3 is 0 Å². The second-order valence-electron chi connectivity index (χ2n) is 7.62. The molecule has 1 heterocycles. The third-order valence-corrected chi connectivity index (χ3v) is 6.71. The zero-order valence-corrected chi connectivity index (χ0v) is 17.0. The van der Waals surface area contributed by atoms with Crippen LogP contribution in [0.1, 0.15) is 32.8 Å². The van der Waals surface area contributed by atoms with Crippen molar-refractivity contribution in [1.29, 1.82) is 0 Å². The highest BCUT2D eigenvalue weighted by atomic mass is 32.2. The first-order chi connectivity index (χ1) is 13.3. The number of fused-ring (bicyclic) bond motifs is 3. The lowest BCUT2D eigenvalue weighted by Gasteiger charge is -2.23. The summed E-state index contributed by atoms with van der Waals surface area (Å²) in [6.45, 7) is 6.41. The van der Waals surface area contributed by atoms with E-state index < -0.39 is 10.1 Å². The third-order valence-electron chi connectivity index (χ3n) is 5.52. The number of aromatic nitrogens is 1. The predicted octanol–water partition coefficient (Wildman–Crippen LogP) is 5.30. The average Bonchev–Trinajstić information content (AvgIpc) is 3.02. The number of benzene rings is 3. The van der Waals surface area contributed by atoms with Crippen LogP contribution in [0.2, 0.25) is 0 Å². The molecule has 0 saturated heterocycles. The van der Waals surface area contributed by atoms with Crippen molar-refractivity contribution in [3.63, 3.8) is 0 Å². The van der Waals surface area contributed by atoms with Crippen LogP contribution in [0, 0.1) is 0 Å². The van der Waals surface area contributed by atoms with Gasteiger partial charge in [-0.3, -0.25) is 4.28 Å². The van der Waals surface area contributed by atoms with Crippen molar-refractivity contribution < 1.29 is 12.7 Å². The summed E-state index contributed by atoms with van der Waals surface area (Å²) in [7, 11) is -3.97. The highest BCUT2D eigenvalue weighted by molar-refractivity contribution is 7.87. The topological polar surface area (TPSA) is 48.3 Å². The van der Waals surface area contributed by atoms with Crippen molar-refractivity contribution in [2.75, 3.05) is 0 Å². The number of nitrogens with zero attached hydrogens (tertiary/aromatic N) is 1. The maximum atomic E-state index is 13.0. The molecule has 4 nitrogen and oxygen atoms in total. The zero-order chi connectivity index (χ0) is 19.9. The van der Waals surface area contributed by atoms with E-state index in [0.717, 1.165) is 33.8 Å². The molecule has 0 atom stereocenters. The van der Waals surface area contributed by atoms with Gasteiger partial charge in [-0.15, -0.1) is 0 Å². The van der Waals surface area contributed by atoms with Gasteiger partial charge in [0.1, 0.15) is 4.90 Å². The molecule has 0 aliphatic carbocycles. The molecule has 0 unspecified atom stereocenters. The molecule has 4 rings (SSSR count). The van der Waals surface area contributed by atoms with Gasteiger partial charge in [0, 0.05) is 10.8 Å². The van der Waals surface area contributed by atoms with E-state index in [1.807, 2.05) is 60.7 Å². The summed E-state index contributed by atoms with van der Waals surface area (Å²) in [5, 5.41) is 1.90. The predicted molar refractivity (Wildman–Crippen MR) is 113 cm³/mol. The zero-order valence-electron chi connectivity index (χ0n) is 16.2. The van der Waals surface area contributed by atoms with Gasteiger partial charge in [-0.25, -0.2) is 0 Å². The van der Waals surface area contributed by atoms with Crippen molar-refractivity contribution in [2.45, 2.75) is 37.5 Å². The summed E-state index contributed by atoms with van der Waals surface area (Å²) in [5.74, 6) is 0. The van der Waals surface area contributed by atoms with Crippen molar-refractivity contribution in [1.82, 2.24) is 4.73 Å². The van der Waals surface area contributed by atoms with Gasteiger partial charge in [0.25, 0.3) is 0 Å².